The molecule has 4 rings (SSSR count). The number of fused-ring (bicyclic) bond motifs is 5. The Bertz CT molecular complexity index is 546. The highest BCUT2D eigenvalue weighted by atomic mass is 16.4. The molecule has 3 heteroatoms. The summed E-state index contributed by atoms with van der Waals surface area (Å²) in [6, 6.07) is 0. The topological polar surface area (TPSA) is 57.5 Å². The first-order valence-electron chi connectivity index (χ1n) is 13.3. The molecule has 3 nitrogen and oxygen atoms in total. The first kappa shape index (κ1) is 25.7. The van der Waals surface area contributed by atoms with Crippen LogP contribution in [0.4, 0.5) is 0 Å². The molecule has 30 heavy (non-hydrogen) atoms. The van der Waals surface area contributed by atoms with E-state index >= 15 is 0 Å². The Labute approximate surface area is 186 Å². The van der Waals surface area contributed by atoms with Crippen molar-refractivity contribution < 1.29 is 15.0 Å². The zero-order valence-corrected chi connectivity index (χ0v) is 20.8. The molecule has 2 N–H and O–H groups in total. The molecular formula is C27H50O3. The summed E-state index contributed by atoms with van der Waals surface area (Å²) < 4.78 is 0. The Balaban J connectivity index is 0.000000757. The molecule has 176 valence electrons. The van der Waals surface area contributed by atoms with E-state index in [9.17, 15) is 9.90 Å². The highest BCUT2D eigenvalue weighted by Crippen LogP contribution is 2.67. The van der Waals surface area contributed by atoms with Gasteiger partial charge in [0.15, 0.2) is 0 Å². The predicted molar refractivity (Wildman–Crippen MR) is 125 cm³/mol. The fourth-order valence-corrected chi connectivity index (χ4v) is 8.44. The summed E-state index contributed by atoms with van der Waals surface area (Å²) in [5, 5.41) is 20.0. The van der Waals surface area contributed by atoms with Crippen molar-refractivity contribution in [2.45, 2.75) is 125 Å². The number of aliphatic carboxylic acids is 1. The van der Waals surface area contributed by atoms with Crippen molar-refractivity contribution in [3.8, 4) is 0 Å². The van der Waals surface area contributed by atoms with Gasteiger partial charge in [0.1, 0.15) is 0 Å². The molecule has 0 bridgehead atoms. The lowest BCUT2D eigenvalue weighted by atomic mass is 9.44. The van der Waals surface area contributed by atoms with E-state index in [-0.39, 0.29) is 6.10 Å². The Morgan fingerprint density at radius 1 is 0.867 bits per heavy atom. The Kier molecular flexibility index (Phi) is 9.28. The molecule has 0 radical (unpaired) electrons. The third-order valence-electron chi connectivity index (χ3n) is 9.73. The number of aliphatic hydroxyl groups is 1. The van der Waals surface area contributed by atoms with E-state index in [0.717, 1.165) is 31.1 Å². The van der Waals surface area contributed by atoms with Gasteiger partial charge in [-0.05, 0) is 98.2 Å². The summed E-state index contributed by atoms with van der Waals surface area (Å²) in [6.07, 6.45) is 13.7. The summed E-state index contributed by atoms with van der Waals surface area (Å²) in [5.74, 6) is 2.85. The van der Waals surface area contributed by atoms with Crippen molar-refractivity contribution in [2.24, 2.45) is 40.4 Å². The van der Waals surface area contributed by atoms with Gasteiger partial charge in [-0.15, -0.1) is 0 Å². The molecule has 0 aromatic carbocycles. The molecule has 0 saturated heterocycles. The quantitative estimate of drug-likeness (QED) is 0.499. The second-order valence-electron chi connectivity index (χ2n) is 10.6. The summed E-state index contributed by atoms with van der Waals surface area (Å²) in [7, 11) is 0. The van der Waals surface area contributed by atoms with Crippen LogP contribution in [-0.2, 0) is 4.79 Å². The monoisotopic (exact) mass is 422 g/mol. The maximum Gasteiger partial charge on any atom is 0.303 e. The number of rotatable bonds is 4. The van der Waals surface area contributed by atoms with Crippen LogP contribution in [0.1, 0.15) is 119 Å². The number of hydrogen-bond acceptors (Lipinski definition) is 2. The van der Waals surface area contributed by atoms with Crippen LogP contribution in [0.2, 0.25) is 0 Å². The summed E-state index contributed by atoms with van der Waals surface area (Å²) in [6.45, 7) is 13.0. The van der Waals surface area contributed by atoms with Gasteiger partial charge >= 0.3 is 5.97 Å². The van der Waals surface area contributed by atoms with Crippen LogP contribution in [-0.4, -0.2) is 22.3 Å². The summed E-state index contributed by atoms with van der Waals surface area (Å²) in [5.41, 5.74) is 0.751. The summed E-state index contributed by atoms with van der Waals surface area (Å²) >= 11 is 0. The third kappa shape index (κ3) is 4.62. The first-order valence-corrected chi connectivity index (χ1v) is 13.3. The normalized spacial score (nSPS) is 44.2. The maximum atomic E-state index is 11.0. The lowest BCUT2D eigenvalue weighted by Crippen LogP contribution is -2.56. The molecular weight excluding hydrogens is 372 g/mol. The van der Waals surface area contributed by atoms with Crippen molar-refractivity contribution in [1.29, 1.82) is 0 Å². The van der Waals surface area contributed by atoms with Crippen molar-refractivity contribution in [3.05, 3.63) is 0 Å². The standard InChI is InChI=1S/C23H38O3.2C2H6/c1-22-13-11-18-16(14-20(24)19-7-3-4-12-23(18,19)2)17(22)10-9-15(22)6-5-8-21(25)26;2*1-2/h15-20,24H,3-14H2,1-2H3,(H,25,26);2*1-2H3. The third-order valence-corrected chi connectivity index (χ3v) is 9.73. The van der Waals surface area contributed by atoms with E-state index in [0.29, 0.717) is 35.0 Å². The van der Waals surface area contributed by atoms with Crippen LogP contribution in [0.5, 0.6) is 0 Å². The largest absolute Gasteiger partial charge is 0.481 e. The van der Waals surface area contributed by atoms with Crippen molar-refractivity contribution >= 4 is 5.97 Å². The Morgan fingerprint density at radius 3 is 2.20 bits per heavy atom. The number of hydrogen-bond donors (Lipinski definition) is 2. The van der Waals surface area contributed by atoms with Crippen LogP contribution < -0.4 is 0 Å². The van der Waals surface area contributed by atoms with E-state index in [1.165, 1.54) is 51.4 Å². The number of aliphatic hydroxyl groups excluding tert-OH is 1. The molecule has 4 saturated carbocycles. The molecule has 0 aromatic rings. The van der Waals surface area contributed by atoms with Crippen LogP contribution in [0.3, 0.4) is 0 Å². The lowest BCUT2D eigenvalue weighted by molar-refractivity contribution is -0.157. The molecule has 0 heterocycles. The van der Waals surface area contributed by atoms with Gasteiger partial charge in [-0.25, -0.2) is 0 Å². The van der Waals surface area contributed by atoms with Gasteiger partial charge in [-0.3, -0.25) is 4.79 Å². The molecule has 0 spiro atoms. The Hall–Kier alpha value is -0.570. The molecule has 0 amide bonds. The van der Waals surface area contributed by atoms with E-state index in [1.54, 1.807) is 0 Å². The predicted octanol–water partition coefficient (Wildman–Crippen LogP) is 7.31. The minimum absolute atomic E-state index is 0.0880. The van der Waals surface area contributed by atoms with Crippen molar-refractivity contribution in [3.63, 3.8) is 0 Å². The average molecular weight is 423 g/mol. The number of carbonyl (C=O) groups is 1. The smallest absolute Gasteiger partial charge is 0.303 e. The first-order chi connectivity index (χ1) is 14.4. The SMILES string of the molecule is CC.CC.CC12CCC3C(CC(O)C4CCCCC43C)C1CCC2CCCC(=O)O. The van der Waals surface area contributed by atoms with E-state index in [2.05, 4.69) is 13.8 Å². The highest BCUT2D eigenvalue weighted by molar-refractivity contribution is 5.66. The van der Waals surface area contributed by atoms with E-state index in [4.69, 9.17) is 5.11 Å². The van der Waals surface area contributed by atoms with Gasteiger partial charge in [0.05, 0.1) is 6.10 Å². The van der Waals surface area contributed by atoms with Crippen LogP contribution in [0.25, 0.3) is 0 Å². The van der Waals surface area contributed by atoms with E-state index in [1.807, 2.05) is 27.7 Å². The molecule has 0 aromatic heterocycles. The average Bonchev–Trinajstić information content (AvgIpc) is 3.07. The maximum absolute atomic E-state index is 11.0. The van der Waals surface area contributed by atoms with Crippen molar-refractivity contribution in [1.82, 2.24) is 0 Å². The van der Waals surface area contributed by atoms with Crippen LogP contribution >= 0.6 is 0 Å². The molecule has 4 fully saturated rings. The Morgan fingerprint density at radius 2 is 1.53 bits per heavy atom. The second-order valence-corrected chi connectivity index (χ2v) is 10.6. The minimum Gasteiger partial charge on any atom is -0.481 e. The summed E-state index contributed by atoms with van der Waals surface area (Å²) in [4.78, 5) is 10.9. The van der Waals surface area contributed by atoms with Gasteiger partial charge in [0.2, 0.25) is 0 Å². The number of carboxylic acid groups (broad SMARTS) is 1. The molecule has 0 aliphatic heterocycles. The lowest BCUT2D eigenvalue weighted by Gasteiger charge is -2.61. The molecule has 4 aliphatic carbocycles. The fourth-order valence-electron chi connectivity index (χ4n) is 8.44. The zero-order valence-electron chi connectivity index (χ0n) is 20.8. The van der Waals surface area contributed by atoms with Gasteiger partial charge < -0.3 is 10.2 Å². The van der Waals surface area contributed by atoms with Crippen LogP contribution in [0.15, 0.2) is 0 Å². The zero-order chi connectivity index (χ0) is 22.5. The second kappa shape index (κ2) is 10.8. The van der Waals surface area contributed by atoms with Gasteiger partial charge in [-0.1, -0.05) is 54.4 Å². The molecule has 8 atom stereocenters. The highest BCUT2D eigenvalue weighted by Gasteiger charge is 2.61. The molecule has 4 aliphatic rings. The fraction of sp³-hybridized carbons (Fsp3) is 0.963. The van der Waals surface area contributed by atoms with E-state index < -0.39 is 5.97 Å². The van der Waals surface area contributed by atoms with Gasteiger partial charge in [0.25, 0.3) is 0 Å². The minimum atomic E-state index is -0.653. The van der Waals surface area contributed by atoms with Gasteiger partial charge in [-0.2, -0.15) is 0 Å². The van der Waals surface area contributed by atoms with Crippen LogP contribution in [0, 0.1) is 40.4 Å². The molecule has 8 unspecified atom stereocenters. The number of carboxylic acids is 1. The van der Waals surface area contributed by atoms with Crippen molar-refractivity contribution in [2.75, 3.05) is 0 Å². The van der Waals surface area contributed by atoms with Gasteiger partial charge in [0, 0.05) is 6.42 Å².